The van der Waals surface area contributed by atoms with E-state index in [4.69, 9.17) is 9.47 Å². The molecule has 1 amide bonds. The zero-order chi connectivity index (χ0) is 14.7. The van der Waals surface area contributed by atoms with E-state index in [1.54, 1.807) is 6.20 Å². The smallest absolute Gasteiger partial charge is 0.229 e. The standard InChI is InChI=1S/C16H22N2O3/c1-2-20-14-7-6-13-16(14)21-10-9-18(13)15(19)11-12-5-3-4-8-17-12/h3-5,8,13-14,16H,2,6-7,9-11H2,1H3/t13-,14-,16+/m0/s1. The maximum Gasteiger partial charge on any atom is 0.229 e. The number of fused-ring (bicyclic) bond motifs is 1. The van der Waals surface area contributed by atoms with Gasteiger partial charge in [0.15, 0.2) is 0 Å². The third-order valence-electron chi connectivity index (χ3n) is 4.30. The van der Waals surface area contributed by atoms with Gasteiger partial charge in [-0.2, -0.15) is 0 Å². The van der Waals surface area contributed by atoms with Crippen LogP contribution >= 0.6 is 0 Å². The third kappa shape index (κ3) is 3.09. The van der Waals surface area contributed by atoms with Crippen LogP contribution in [0.2, 0.25) is 0 Å². The zero-order valence-corrected chi connectivity index (χ0v) is 12.4. The summed E-state index contributed by atoms with van der Waals surface area (Å²) < 4.78 is 11.6. The molecule has 1 aromatic heterocycles. The van der Waals surface area contributed by atoms with Gasteiger partial charge in [0.1, 0.15) is 6.10 Å². The van der Waals surface area contributed by atoms with E-state index in [0.29, 0.717) is 26.2 Å². The predicted octanol–water partition coefficient (Wildman–Crippen LogP) is 1.42. The van der Waals surface area contributed by atoms with Gasteiger partial charge >= 0.3 is 0 Å². The number of aromatic nitrogens is 1. The van der Waals surface area contributed by atoms with Crippen LogP contribution in [0.25, 0.3) is 0 Å². The molecule has 1 saturated heterocycles. The van der Waals surface area contributed by atoms with Gasteiger partial charge in [0.2, 0.25) is 5.91 Å². The molecule has 2 fully saturated rings. The Kier molecular flexibility index (Phi) is 4.51. The molecule has 3 atom stereocenters. The molecule has 3 rings (SSSR count). The summed E-state index contributed by atoms with van der Waals surface area (Å²) in [4.78, 5) is 18.8. The van der Waals surface area contributed by atoms with E-state index in [0.717, 1.165) is 18.5 Å². The Bertz CT molecular complexity index is 480. The molecule has 5 heteroatoms. The highest BCUT2D eigenvalue weighted by molar-refractivity contribution is 5.79. The molecule has 1 aliphatic carbocycles. The zero-order valence-electron chi connectivity index (χ0n) is 12.4. The Morgan fingerprint density at radius 2 is 2.38 bits per heavy atom. The van der Waals surface area contributed by atoms with Crippen LogP contribution in [0.4, 0.5) is 0 Å². The molecule has 114 valence electrons. The van der Waals surface area contributed by atoms with Crippen LogP contribution in [0.1, 0.15) is 25.5 Å². The first kappa shape index (κ1) is 14.5. The second-order valence-electron chi connectivity index (χ2n) is 5.56. The number of carbonyl (C=O) groups excluding carboxylic acids is 1. The van der Waals surface area contributed by atoms with Crippen molar-refractivity contribution in [2.24, 2.45) is 0 Å². The highest BCUT2D eigenvalue weighted by Gasteiger charge is 2.44. The summed E-state index contributed by atoms with van der Waals surface area (Å²) in [5.74, 6) is 0.143. The molecule has 21 heavy (non-hydrogen) atoms. The average molecular weight is 290 g/mol. The number of amides is 1. The second-order valence-corrected chi connectivity index (χ2v) is 5.56. The van der Waals surface area contributed by atoms with Crippen LogP contribution < -0.4 is 0 Å². The van der Waals surface area contributed by atoms with Gasteiger partial charge in [0.25, 0.3) is 0 Å². The van der Waals surface area contributed by atoms with Crippen molar-refractivity contribution < 1.29 is 14.3 Å². The molecule has 0 bridgehead atoms. The molecule has 0 radical (unpaired) electrons. The number of hydrogen-bond donors (Lipinski definition) is 0. The van der Waals surface area contributed by atoms with Crippen molar-refractivity contribution >= 4 is 5.91 Å². The van der Waals surface area contributed by atoms with E-state index in [-0.39, 0.29) is 24.2 Å². The lowest BCUT2D eigenvalue weighted by Gasteiger charge is -2.39. The first-order chi connectivity index (χ1) is 10.3. The van der Waals surface area contributed by atoms with Gasteiger partial charge in [-0.05, 0) is 31.9 Å². The fraction of sp³-hybridized carbons (Fsp3) is 0.625. The largest absolute Gasteiger partial charge is 0.376 e. The van der Waals surface area contributed by atoms with Crippen molar-refractivity contribution in [2.75, 3.05) is 19.8 Å². The van der Waals surface area contributed by atoms with Crippen LogP contribution in [-0.4, -0.2) is 53.8 Å². The normalized spacial score (nSPS) is 28.4. The molecule has 2 aliphatic rings. The van der Waals surface area contributed by atoms with Crippen LogP contribution in [0.5, 0.6) is 0 Å². The predicted molar refractivity (Wildman–Crippen MR) is 77.8 cm³/mol. The molecule has 0 spiro atoms. The van der Waals surface area contributed by atoms with Crippen molar-refractivity contribution in [3.8, 4) is 0 Å². The number of rotatable bonds is 4. The summed E-state index contributed by atoms with van der Waals surface area (Å²) in [6.07, 6.45) is 4.19. The van der Waals surface area contributed by atoms with Crippen LogP contribution in [0.3, 0.4) is 0 Å². The topological polar surface area (TPSA) is 51.7 Å². The fourth-order valence-corrected chi connectivity index (χ4v) is 3.38. The first-order valence-electron chi connectivity index (χ1n) is 7.72. The minimum absolute atomic E-state index is 0.0337. The Hall–Kier alpha value is -1.46. The van der Waals surface area contributed by atoms with Crippen molar-refractivity contribution in [3.05, 3.63) is 30.1 Å². The number of morpholine rings is 1. The summed E-state index contributed by atoms with van der Waals surface area (Å²) >= 11 is 0. The Morgan fingerprint density at radius 3 is 3.14 bits per heavy atom. The summed E-state index contributed by atoms with van der Waals surface area (Å²) in [7, 11) is 0. The number of ether oxygens (including phenoxy) is 2. The van der Waals surface area contributed by atoms with E-state index in [1.165, 1.54) is 0 Å². The lowest BCUT2D eigenvalue weighted by Crippen LogP contribution is -2.54. The van der Waals surface area contributed by atoms with E-state index in [9.17, 15) is 4.79 Å². The molecule has 2 heterocycles. The van der Waals surface area contributed by atoms with Crippen molar-refractivity contribution in [1.82, 2.24) is 9.88 Å². The highest BCUT2D eigenvalue weighted by atomic mass is 16.5. The summed E-state index contributed by atoms with van der Waals surface area (Å²) in [5.41, 5.74) is 0.824. The Labute approximate surface area is 125 Å². The minimum atomic E-state index is 0.0337. The van der Waals surface area contributed by atoms with E-state index in [1.807, 2.05) is 30.0 Å². The molecular formula is C16H22N2O3. The molecule has 5 nitrogen and oxygen atoms in total. The van der Waals surface area contributed by atoms with Gasteiger partial charge in [0.05, 0.1) is 25.2 Å². The van der Waals surface area contributed by atoms with E-state index >= 15 is 0 Å². The average Bonchev–Trinajstić information content (AvgIpc) is 2.92. The van der Waals surface area contributed by atoms with E-state index in [2.05, 4.69) is 4.98 Å². The van der Waals surface area contributed by atoms with Gasteiger partial charge in [-0.1, -0.05) is 6.07 Å². The van der Waals surface area contributed by atoms with Crippen molar-refractivity contribution in [1.29, 1.82) is 0 Å². The lowest BCUT2D eigenvalue weighted by molar-refractivity contribution is -0.150. The third-order valence-corrected chi connectivity index (χ3v) is 4.30. The number of hydrogen-bond acceptors (Lipinski definition) is 4. The van der Waals surface area contributed by atoms with Crippen LogP contribution in [-0.2, 0) is 20.7 Å². The molecule has 0 unspecified atom stereocenters. The Balaban J connectivity index is 1.66. The van der Waals surface area contributed by atoms with Gasteiger partial charge in [0, 0.05) is 25.0 Å². The summed E-state index contributed by atoms with van der Waals surface area (Å²) in [6, 6.07) is 5.83. The quantitative estimate of drug-likeness (QED) is 0.841. The van der Waals surface area contributed by atoms with Crippen LogP contribution in [0.15, 0.2) is 24.4 Å². The molecule has 0 N–H and O–H groups in total. The number of nitrogens with zero attached hydrogens (tertiary/aromatic N) is 2. The van der Waals surface area contributed by atoms with Gasteiger partial charge in [-0.15, -0.1) is 0 Å². The molecule has 1 aliphatic heterocycles. The second kappa shape index (κ2) is 6.54. The molecular weight excluding hydrogens is 268 g/mol. The molecule has 0 aromatic carbocycles. The fourth-order valence-electron chi connectivity index (χ4n) is 3.38. The van der Waals surface area contributed by atoms with Crippen molar-refractivity contribution in [3.63, 3.8) is 0 Å². The van der Waals surface area contributed by atoms with E-state index < -0.39 is 0 Å². The van der Waals surface area contributed by atoms with Crippen molar-refractivity contribution in [2.45, 2.75) is 44.4 Å². The summed E-state index contributed by atoms with van der Waals surface area (Å²) in [5, 5.41) is 0. The Morgan fingerprint density at radius 1 is 1.48 bits per heavy atom. The van der Waals surface area contributed by atoms with Gasteiger partial charge < -0.3 is 14.4 Å². The van der Waals surface area contributed by atoms with Gasteiger partial charge in [-0.3, -0.25) is 9.78 Å². The maximum absolute atomic E-state index is 12.6. The maximum atomic E-state index is 12.6. The number of carbonyl (C=O) groups is 1. The summed E-state index contributed by atoms with van der Waals surface area (Å²) in [6.45, 7) is 3.96. The monoisotopic (exact) mass is 290 g/mol. The minimum Gasteiger partial charge on any atom is -0.376 e. The molecule has 1 saturated carbocycles. The molecule has 1 aromatic rings. The van der Waals surface area contributed by atoms with Gasteiger partial charge in [-0.25, -0.2) is 0 Å². The lowest BCUT2D eigenvalue weighted by atomic mass is 10.1. The SMILES string of the molecule is CCO[C@H]1CC[C@H]2[C@H]1OCCN2C(=O)Cc1ccccn1. The van der Waals surface area contributed by atoms with Crippen LogP contribution in [0, 0.1) is 0 Å². The number of pyridine rings is 1. The first-order valence-corrected chi connectivity index (χ1v) is 7.72. The highest BCUT2D eigenvalue weighted by Crippen LogP contribution is 2.32.